The maximum atomic E-state index is 5.97. The highest BCUT2D eigenvalue weighted by Crippen LogP contribution is 2.35. The maximum Gasteiger partial charge on any atom is 0.119 e. The molecule has 0 aliphatic carbocycles. The van der Waals surface area contributed by atoms with Gasteiger partial charge in [0.05, 0.1) is 6.61 Å². The molecule has 1 N–H and O–H groups in total. The van der Waals surface area contributed by atoms with Crippen LogP contribution < -0.4 is 10.1 Å². The van der Waals surface area contributed by atoms with Crippen LogP contribution in [0.15, 0.2) is 24.3 Å². The smallest absolute Gasteiger partial charge is 0.119 e. The summed E-state index contributed by atoms with van der Waals surface area (Å²) in [5.41, 5.74) is 1.63. The molecule has 1 aromatic rings. The van der Waals surface area contributed by atoms with E-state index in [9.17, 15) is 0 Å². The van der Waals surface area contributed by atoms with E-state index in [1.54, 1.807) is 0 Å². The number of likely N-dealkylation sites (tertiary alicyclic amines) is 1. The fourth-order valence-electron chi connectivity index (χ4n) is 4.22. The Hall–Kier alpha value is -1.10. The lowest BCUT2D eigenvalue weighted by Gasteiger charge is -2.38. The van der Waals surface area contributed by atoms with Crippen molar-refractivity contribution in [1.29, 1.82) is 0 Å². The molecule has 0 unspecified atom stereocenters. The van der Waals surface area contributed by atoms with Crippen molar-refractivity contribution >= 4 is 0 Å². The summed E-state index contributed by atoms with van der Waals surface area (Å²) in [7, 11) is 0. The number of ether oxygens (including phenoxy) is 2. The average molecular weight is 361 g/mol. The minimum atomic E-state index is 0.210. The zero-order valence-electron chi connectivity index (χ0n) is 16.5. The Morgan fingerprint density at radius 1 is 1.12 bits per heavy atom. The first-order valence-electron chi connectivity index (χ1n) is 10.6. The molecular weight excluding hydrogens is 324 g/mol. The van der Waals surface area contributed by atoms with E-state index in [1.807, 2.05) is 0 Å². The molecule has 4 heteroatoms. The minimum Gasteiger partial charge on any atom is -0.494 e. The van der Waals surface area contributed by atoms with Crippen LogP contribution in [0.2, 0.25) is 0 Å². The largest absolute Gasteiger partial charge is 0.494 e. The molecule has 26 heavy (non-hydrogen) atoms. The highest BCUT2D eigenvalue weighted by Gasteiger charge is 2.34. The van der Waals surface area contributed by atoms with E-state index in [-0.39, 0.29) is 5.41 Å². The SMILES string of the molecule is CCCNCC1(c2ccc(OCCCN3CCCC3)cc2)CCOCC1. The molecule has 146 valence electrons. The van der Waals surface area contributed by atoms with Crippen LogP contribution in [-0.4, -0.2) is 57.4 Å². The first-order chi connectivity index (χ1) is 12.8. The Balaban J connectivity index is 1.50. The summed E-state index contributed by atoms with van der Waals surface area (Å²) >= 11 is 0. The summed E-state index contributed by atoms with van der Waals surface area (Å²) in [6, 6.07) is 8.86. The molecule has 4 nitrogen and oxygen atoms in total. The number of hydrogen-bond donors (Lipinski definition) is 1. The third-order valence-electron chi connectivity index (χ3n) is 5.89. The average Bonchev–Trinajstić information content (AvgIpc) is 3.20. The van der Waals surface area contributed by atoms with Crippen LogP contribution in [0.5, 0.6) is 5.75 Å². The minimum absolute atomic E-state index is 0.210. The number of nitrogens with one attached hydrogen (secondary N) is 1. The molecule has 2 aliphatic heterocycles. The topological polar surface area (TPSA) is 33.7 Å². The summed E-state index contributed by atoms with van der Waals surface area (Å²) in [5, 5.41) is 3.64. The maximum absolute atomic E-state index is 5.97. The first-order valence-corrected chi connectivity index (χ1v) is 10.6. The van der Waals surface area contributed by atoms with Crippen molar-refractivity contribution in [2.75, 3.05) is 52.5 Å². The van der Waals surface area contributed by atoms with Gasteiger partial charge in [-0.05, 0) is 75.9 Å². The van der Waals surface area contributed by atoms with Crippen LogP contribution in [0, 0.1) is 0 Å². The van der Waals surface area contributed by atoms with E-state index in [2.05, 4.69) is 41.4 Å². The molecule has 2 fully saturated rings. The van der Waals surface area contributed by atoms with Gasteiger partial charge in [-0.2, -0.15) is 0 Å². The Morgan fingerprint density at radius 2 is 1.85 bits per heavy atom. The van der Waals surface area contributed by atoms with Crippen molar-refractivity contribution < 1.29 is 9.47 Å². The van der Waals surface area contributed by atoms with Gasteiger partial charge in [-0.15, -0.1) is 0 Å². The molecule has 0 bridgehead atoms. The molecule has 0 aromatic heterocycles. The summed E-state index contributed by atoms with van der Waals surface area (Å²) in [6.07, 6.45) is 7.21. The van der Waals surface area contributed by atoms with Crippen molar-refractivity contribution in [2.45, 2.75) is 50.9 Å². The van der Waals surface area contributed by atoms with E-state index in [4.69, 9.17) is 9.47 Å². The fraction of sp³-hybridized carbons (Fsp3) is 0.727. The summed E-state index contributed by atoms with van der Waals surface area (Å²) in [5.74, 6) is 0.999. The van der Waals surface area contributed by atoms with Crippen LogP contribution in [-0.2, 0) is 10.2 Å². The van der Waals surface area contributed by atoms with E-state index < -0.39 is 0 Å². The fourth-order valence-corrected chi connectivity index (χ4v) is 4.22. The van der Waals surface area contributed by atoms with Crippen molar-refractivity contribution in [3.63, 3.8) is 0 Å². The highest BCUT2D eigenvalue weighted by atomic mass is 16.5. The Bertz CT molecular complexity index is 505. The molecule has 2 aliphatic rings. The van der Waals surface area contributed by atoms with Crippen molar-refractivity contribution in [2.24, 2.45) is 0 Å². The number of hydrogen-bond acceptors (Lipinski definition) is 4. The molecule has 3 rings (SSSR count). The second-order valence-corrected chi connectivity index (χ2v) is 7.84. The van der Waals surface area contributed by atoms with Crippen LogP contribution in [0.25, 0.3) is 0 Å². The van der Waals surface area contributed by atoms with Crippen LogP contribution in [0.1, 0.15) is 51.0 Å². The summed E-state index contributed by atoms with van der Waals surface area (Å²) < 4.78 is 11.6. The summed E-state index contributed by atoms with van der Waals surface area (Å²) in [4.78, 5) is 2.55. The van der Waals surface area contributed by atoms with Gasteiger partial charge in [-0.1, -0.05) is 19.1 Å². The highest BCUT2D eigenvalue weighted by molar-refractivity contribution is 5.33. The third kappa shape index (κ3) is 5.45. The molecule has 0 atom stereocenters. The Morgan fingerprint density at radius 3 is 2.54 bits per heavy atom. The van der Waals surface area contributed by atoms with Crippen molar-refractivity contribution in [3.8, 4) is 5.75 Å². The zero-order valence-corrected chi connectivity index (χ0v) is 16.5. The lowest BCUT2D eigenvalue weighted by molar-refractivity contribution is 0.0499. The van der Waals surface area contributed by atoms with Gasteiger partial charge < -0.3 is 19.7 Å². The second-order valence-electron chi connectivity index (χ2n) is 7.84. The molecule has 0 saturated carbocycles. The normalized spacial score (nSPS) is 20.3. The van der Waals surface area contributed by atoms with Gasteiger partial charge in [0.2, 0.25) is 0 Å². The number of rotatable bonds is 10. The lowest BCUT2D eigenvalue weighted by Crippen LogP contribution is -2.43. The lowest BCUT2D eigenvalue weighted by atomic mass is 9.74. The Kier molecular flexibility index (Phi) is 7.78. The first kappa shape index (κ1) is 19.7. The Labute approximate surface area is 159 Å². The van der Waals surface area contributed by atoms with E-state index in [0.717, 1.165) is 57.9 Å². The third-order valence-corrected chi connectivity index (χ3v) is 5.89. The molecule has 0 radical (unpaired) electrons. The monoisotopic (exact) mass is 360 g/mol. The number of nitrogens with zero attached hydrogens (tertiary/aromatic N) is 1. The van der Waals surface area contributed by atoms with Crippen molar-refractivity contribution in [3.05, 3.63) is 29.8 Å². The predicted octanol–water partition coefficient (Wildman–Crippen LogP) is 3.60. The van der Waals surface area contributed by atoms with E-state index >= 15 is 0 Å². The molecular formula is C22H36N2O2. The molecule has 0 spiro atoms. The van der Waals surface area contributed by atoms with Gasteiger partial charge in [0.1, 0.15) is 5.75 Å². The van der Waals surface area contributed by atoms with Gasteiger partial charge in [0.25, 0.3) is 0 Å². The van der Waals surface area contributed by atoms with Gasteiger partial charge >= 0.3 is 0 Å². The van der Waals surface area contributed by atoms with E-state index in [0.29, 0.717) is 0 Å². The van der Waals surface area contributed by atoms with Gasteiger partial charge in [-0.3, -0.25) is 0 Å². The van der Waals surface area contributed by atoms with Gasteiger partial charge in [0, 0.05) is 31.7 Å². The molecule has 1 aromatic carbocycles. The standard InChI is InChI=1S/C22H36N2O2/c1-2-12-23-19-22(10-17-25-18-11-22)20-6-8-21(9-7-20)26-16-5-15-24-13-3-4-14-24/h6-9,23H,2-5,10-19H2,1H3. The second kappa shape index (κ2) is 10.3. The zero-order chi connectivity index (χ0) is 18.1. The number of benzene rings is 1. The van der Waals surface area contributed by atoms with E-state index in [1.165, 1.54) is 44.5 Å². The van der Waals surface area contributed by atoms with Crippen LogP contribution in [0.3, 0.4) is 0 Å². The van der Waals surface area contributed by atoms with Crippen LogP contribution in [0.4, 0.5) is 0 Å². The molecule has 2 heterocycles. The molecule has 0 amide bonds. The summed E-state index contributed by atoms with van der Waals surface area (Å²) in [6.45, 7) is 10.6. The van der Waals surface area contributed by atoms with Gasteiger partial charge in [0.15, 0.2) is 0 Å². The quantitative estimate of drug-likeness (QED) is 0.647. The van der Waals surface area contributed by atoms with Gasteiger partial charge in [-0.25, -0.2) is 0 Å². The predicted molar refractivity (Wildman–Crippen MR) is 107 cm³/mol. The van der Waals surface area contributed by atoms with Crippen molar-refractivity contribution in [1.82, 2.24) is 10.2 Å². The molecule has 2 saturated heterocycles. The van der Waals surface area contributed by atoms with Crippen LogP contribution >= 0.6 is 0 Å².